The maximum atomic E-state index is 11.9. The SMILES string of the molecule is Cc1ncc(I)c(=O)n1CC(O)CNC(C)(C)C. The van der Waals surface area contributed by atoms with E-state index >= 15 is 0 Å². The minimum Gasteiger partial charge on any atom is -0.390 e. The van der Waals surface area contributed by atoms with Gasteiger partial charge in [-0.05, 0) is 50.3 Å². The van der Waals surface area contributed by atoms with Crippen LogP contribution in [0.4, 0.5) is 0 Å². The fourth-order valence-corrected chi connectivity index (χ4v) is 1.90. The average Bonchev–Trinajstić information content (AvgIpc) is 2.26. The Morgan fingerprint density at radius 2 is 2.17 bits per heavy atom. The van der Waals surface area contributed by atoms with Gasteiger partial charge in [0.15, 0.2) is 0 Å². The number of aliphatic hydroxyl groups excluding tert-OH is 1. The first-order valence-electron chi connectivity index (χ1n) is 5.86. The second-order valence-corrected chi connectivity index (χ2v) is 6.52. The van der Waals surface area contributed by atoms with Crippen LogP contribution in [-0.2, 0) is 6.54 Å². The van der Waals surface area contributed by atoms with E-state index in [-0.39, 0.29) is 17.6 Å². The molecule has 0 aliphatic carbocycles. The van der Waals surface area contributed by atoms with Gasteiger partial charge in [-0.1, -0.05) is 0 Å². The van der Waals surface area contributed by atoms with Crippen LogP contribution in [0, 0.1) is 10.5 Å². The highest BCUT2D eigenvalue weighted by Crippen LogP contribution is 2.01. The number of hydrogen-bond acceptors (Lipinski definition) is 4. The molecule has 2 N–H and O–H groups in total. The molecular formula is C12H20IN3O2. The standard InChI is InChI=1S/C12H20IN3O2/c1-8-14-6-10(13)11(18)16(8)7-9(17)5-15-12(2,3)4/h6,9,15,17H,5,7H2,1-4H3. The van der Waals surface area contributed by atoms with Gasteiger partial charge in [-0.15, -0.1) is 0 Å². The van der Waals surface area contributed by atoms with Crippen molar-refractivity contribution in [2.24, 2.45) is 0 Å². The first-order chi connectivity index (χ1) is 8.20. The number of nitrogens with zero attached hydrogens (tertiary/aromatic N) is 2. The molecule has 0 radical (unpaired) electrons. The van der Waals surface area contributed by atoms with Gasteiger partial charge in [0.05, 0.1) is 16.2 Å². The van der Waals surface area contributed by atoms with Crippen molar-refractivity contribution in [1.29, 1.82) is 0 Å². The Labute approximate surface area is 121 Å². The molecule has 18 heavy (non-hydrogen) atoms. The summed E-state index contributed by atoms with van der Waals surface area (Å²) in [5.74, 6) is 0.621. The Balaban J connectivity index is 2.74. The number of aliphatic hydroxyl groups is 1. The Hall–Kier alpha value is -0.470. The van der Waals surface area contributed by atoms with E-state index < -0.39 is 6.10 Å². The van der Waals surface area contributed by atoms with Crippen LogP contribution in [0.15, 0.2) is 11.0 Å². The third-order valence-electron chi connectivity index (χ3n) is 2.47. The average molecular weight is 365 g/mol. The quantitative estimate of drug-likeness (QED) is 0.779. The number of hydrogen-bond donors (Lipinski definition) is 2. The Bertz CT molecular complexity index is 465. The first kappa shape index (κ1) is 15.6. The molecule has 6 heteroatoms. The third-order valence-corrected chi connectivity index (χ3v) is 3.21. The summed E-state index contributed by atoms with van der Waals surface area (Å²) in [6, 6.07) is 0. The summed E-state index contributed by atoms with van der Waals surface area (Å²) in [6.07, 6.45) is 0.940. The number of β-amino-alcohol motifs (C(OH)–C–C–N with tert-alkyl or cyclic N) is 1. The molecule has 0 aliphatic rings. The highest BCUT2D eigenvalue weighted by molar-refractivity contribution is 14.1. The van der Waals surface area contributed by atoms with E-state index in [0.29, 0.717) is 15.9 Å². The molecule has 0 amide bonds. The van der Waals surface area contributed by atoms with Gasteiger partial charge < -0.3 is 10.4 Å². The van der Waals surface area contributed by atoms with Crippen molar-refractivity contribution < 1.29 is 5.11 Å². The van der Waals surface area contributed by atoms with E-state index in [1.165, 1.54) is 4.57 Å². The van der Waals surface area contributed by atoms with E-state index in [2.05, 4.69) is 10.3 Å². The van der Waals surface area contributed by atoms with Crippen LogP contribution in [0.2, 0.25) is 0 Å². The van der Waals surface area contributed by atoms with Crippen molar-refractivity contribution >= 4 is 22.6 Å². The lowest BCUT2D eigenvalue weighted by Crippen LogP contribution is -2.43. The summed E-state index contributed by atoms with van der Waals surface area (Å²) in [7, 11) is 0. The molecule has 0 saturated heterocycles. The summed E-state index contributed by atoms with van der Waals surface area (Å²) in [5, 5.41) is 13.2. The van der Waals surface area contributed by atoms with Crippen LogP contribution in [-0.4, -0.2) is 32.8 Å². The maximum absolute atomic E-state index is 11.9. The molecule has 102 valence electrons. The van der Waals surface area contributed by atoms with Crippen molar-refractivity contribution in [3.63, 3.8) is 0 Å². The number of rotatable bonds is 4. The van der Waals surface area contributed by atoms with Gasteiger partial charge in [0.2, 0.25) is 0 Å². The van der Waals surface area contributed by atoms with E-state index in [9.17, 15) is 9.90 Å². The van der Waals surface area contributed by atoms with E-state index in [1.54, 1.807) is 13.1 Å². The molecule has 0 spiro atoms. The lowest BCUT2D eigenvalue weighted by Gasteiger charge is -2.23. The highest BCUT2D eigenvalue weighted by atomic mass is 127. The van der Waals surface area contributed by atoms with Crippen molar-refractivity contribution in [3.05, 3.63) is 25.9 Å². The van der Waals surface area contributed by atoms with Gasteiger partial charge in [-0.3, -0.25) is 9.36 Å². The molecule has 1 aromatic heterocycles. The first-order valence-corrected chi connectivity index (χ1v) is 6.93. The lowest BCUT2D eigenvalue weighted by atomic mass is 10.1. The summed E-state index contributed by atoms with van der Waals surface area (Å²) in [6.45, 7) is 8.57. The smallest absolute Gasteiger partial charge is 0.267 e. The van der Waals surface area contributed by atoms with Crippen molar-refractivity contribution in [3.8, 4) is 0 Å². The minimum absolute atomic E-state index is 0.0512. The fourth-order valence-electron chi connectivity index (χ4n) is 1.47. The van der Waals surface area contributed by atoms with Gasteiger partial charge >= 0.3 is 0 Å². The lowest BCUT2D eigenvalue weighted by molar-refractivity contribution is 0.139. The van der Waals surface area contributed by atoms with Crippen LogP contribution in [0.5, 0.6) is 0 Å². The zero-order chi connectivity index (χ0) is 13.9. The van der Waals surface area contributed by atoms with Crippen molar-refractivity contribution in [2.75, 3.05) is 6.54 Å². The Morgan fingerprint density at radius 3 is 2.72 bits per heavy atom. The molecule has 0 fully saturated rings. The summed E-state index contributed by atoms with van der Waals surface area (Å²) in [5.41, 5.74) is -0.150. The van der Waals surface area contributed by atoms with Crippen LogP contribution in [0.3, 0.4) is 0 Å². The predicted octanol–water partition coefficient (Wildman–Crippen LogP) is 0.905. The van der Waals surface area contributed by atoms with Crippen LogP contribution in [0.1, 0.15) is 26.6 Å². The molecule has 1 rings (SSSR count). The molecule has 5 nitrogen and oxygen atoms in total. The van der Waals surface area contributed by atoms with Gasteiger partial charge in [0.1, 0.15) is 5.82 Å². The van der Waals surface area contributed by atoms with Crippen molar-refractivity contribution in [1.82, 2.24) is 14.9 Å². The number of aromatic nitrogens is 2. The molecule has 0 saturated carbocycles. The van der Waals surface area contributed by atoms with E-state index in [1.807, 2.05) is 43.4 Å². The second kappa shape index (κ2) is 6.12. The molecule has 1 atom stereocenters. The van der Waals surface area contributed by atoms with Crippen LogP contribution < -0.4 is 10.9 Å². The molecule has 0 aromatic carbocycles. The van der Waals surface area contributed by atoms with Gasteiger partial charge in [0.25, 0.3) is 5.56 Å². The van der Waals surface area contributed by atoms with Gasteiger partial charge in [-0.25, -0.2) is 4.98 Å². The van der Waals surface area contributed by atoms with Crippen molar-refractivity contribution in [2.45, 2.75) is 45.9 Å². The normalized spacial score (nSPS) is 13.7. The minimum atomic E-state index is -0.611. The zero-order valence-corrected chi connectivity index (χ0v) is 13.4. The molecule has 0 aliphatic heterocycles. The molecule has 1 aromatic rings. The van der Waals surface area contributed by atoms with Gasteiger partial charge in [-0.2, -0.15) is 0 Å². The predicted molar refractivity (Wildman–Crippen MR) is 79.7 cm³/mol. The Kier molecular flexibility index (Phi) is 5.30. The number of nitrogens with one attached hydrogen (secondary N) is 1. The van der Waals surface area contributed by atoms with Crippen LogP contribution in [0.25, 0.3) is 0 Å². The topological polar surface area (TPSA) is 67.2 Å². The molecule has 0 bridgehead atoms. The second-order valence-electron chi connectivity index (χ2n) is 5.35. The van der Waals surface area contributed by atoms with E-state index in [4.69, 9.17) is 0 Å². The number of aryl methyl sites for hydroxylation is 1. The monoisotopic (exact) mass is 365 g/mol. The molecule has 1 heterocycles. The largest absolute Gasteiger partial charge is 0.390 e. The van der Waals surface area contributed by atoms with Crippen LogP contribution >= 0.6 is 22.6 Å². The van der Waals surface area contributed by atoms with E-state index in [0.717, 1.165) is 0 Å². The fraction of sp³-hybridized carbons (Fsp3) is 0.667. The molecule has 1 unspecified atom stereocenters. The number of halogens is 1. The van der Waals surface area contributed by atoms with Gasteiger partial charge in [0, 0.05) is 18.3 Å². The summed E-state index contributed by atoms with van der Waals surface area (Å²) in [4.78, 5) is 16.0. The molecular weight excluding hydrogens is 345 g/mol. The highest BCUT2D eigenvalue weighted by Gasteiger charge is 2.14. The maximum Gasteiger partial charge on any atom is 0.267 e. The summed E-state index contributed by atoms with van der Waals surface area (Å²) >= 11 is 1.95. The third kappa shape index (κ3) is 4.66. The summed E-state index contributed by atoms with van der Waals surface area (Å²) < 4.78 is 2.07. The Morgan fingerprint density at radius 1 is 1.56 bits per heavy atom. The zero-order valence-electron chi connectivity index (χ0n) is 11.2.